The Morgan fingerprint density at radius 3 is 3.00 bits per heavy atom. The molecule has 1 atom stereocenters. The molecule has 0 saturated carbocycles. The Morgan fingerprint density at radius 2 is 2.42 bits per heavy atom. The second-order valence-corrected chi connectivity index (χ2v) is 2.93. The van der Waals surface area contributed by atoms with E-state index in [4.69, 9.17) is 0 Å². The summed E-state index contributed by atoms with van der Waals surface area (Å²) in [4.78, 5) is 13.1. The van der Waals surface area contributed by atoms with Gasteiger partial charge in [-0.3, -0.25) is 4.79 Å². The zero-order chi connectivity index (χ0) is 8.97. The number of piperazine rings is 1. The van der Waals surface area contributed by atoms with Crippen molar-refractivity contribution in [1.82, 2.24) is 10.2 Å². The van der Waals surface area contributed by atoms with E-state index in [9.17, 15) is 4.79 Å². The first-order valence-corrected chi connectivity index (χ1v) is 4.19. The summed E-state index contributed by atoms with van der Waals surface area (Å²) in [6.45, 7) is 6.24. The summed E-state index contributed by atoms with van der Waals surface area (Å²) in [5, 5.41) is 3.22. The molecular formula is C9H14N2O. The summed E-state index contributed by atoms with van der Waals surface area (Å²) >= 11 is 0. The van der Waals surface area contributed by atoms with Gasteiger partial charge in [0.25, 0.3) is 5.91 Å². The summed E-state index contributed by atoms with van der Waals surface area (Å²) in [6.07, 6.45) is 0. The van der Waals surface area contributed by atoms with E-state index < -0.39 is 0 Å². The normalized spacial score (nSPS) is 22.8. The molecule has 66 valence electrons. The number of carbonyl (C=O) groups is 1. The molecule has 1 fully saturated rings. The van der Waals surface area contributed by atoms with Gasteiger partial charge < -0.3 is 10.2 Å². The van der Waals surface area contributed by atoms with Gasteiger partial charge in [0.15, 0.2) is 0 Å². The first-order chi connectivity index (χ1) is 5.75. The van der Waals surface area contributed by atoms with E-state index >= 15 is 0 Å². The summed E-state index contributed by atoms with van der Waals surface area (Å²) in [7, 11) is 0. The van der Waals surface area contributed by atoms with Gasteiger partial charge in [-0.1, -0.05) is 5.92 Å². The van der Waals surface area contributed by atoms with Crippen molar-refractivity contribution in [3.63, 3.8) is 0 Å². The molecule has 0 aliphatic carbocycles. The topological polar surface area (TPSA) is 32.3 Å². The molecule has 0 aromatic heterocycles. The lowest BCUT2D eigenvalue weighted by Gasteiger charge is -2.32. The lowest BCUT2D eigenvalue weighted by Crippen LogP contribution is -2.51. The molecule has 0 bridgehead atoms. The maximum absolute atomic E-state index is 11.3. The molecule has 0 aromatic carbocycles. The van der Waals surface area contributed by atoms with E-state index in [1.54, 1.807) is 6.92 Å². The van der Waals surface area contributed by atoms with Crippen molar-refractivity contribution in [2.24, 2.45) is 0 Å². The van der Waals surface area contributed by atoms with Gasteiger partial charge in [-0.05, 0) is 19.8 Å². The molecule has 1 aliphatic heterocycles. The highest BCUT2D eigenvalue weighted by Crippen LogP contribution is 2.01. The van der Waals surface area contributed by atoms with E-state index in [2.05, 4.69) is 17.2 Å². The Bertz CT molecular complexity index is 226. The number of rotatable bonds is 0. The van der Waals surface area contributed by atoms with Crippen LogP contribution < -0.4 is 5.32 Å². The maximum Gasteiger partial charge on any atom is 0.298 e. The number of carbonyl (C=O) groups excluding carboxylic acids is 1. The molecule has 0 spiro atoms. The van der Waals surface area contributed by atoms with E-state index in [0.29, 0.717) is 0 Å². The van der Waals surface area contributed by atoms with Crippen LogP contribution in [-0.4, -0.2) is 36.5 Å². The number of hydrogen-bond donors (Lipinski definition) is 1. The van der Waals surface area contributed by atoms with Crippen LogP contribution in [0, 0.1) is 11.8 Å². The highest BCUT2D eigenvalue weighted by molar-refractivity contribution is 5.93. The molecule has 0 unspecified atom stereocenters. The first kappa shape index (κ1) is 9.08. The Balaban J connectivity index is 2.57. The van der Waals surface area contributed by atoms with E-state index in [1.807, 2.05) is 11.8 Å². The van der Waals surface area contributed by atoms with Gasteiger partial charge in [-0.15, -0.1) is 0 Å². The van der Waals surface area contributed by atoms with Crippen molar-refractivity contribution >= 4 is 5.91 Å². The predicted molar refractivity (Wildman–Crippen MR) is 47.5 cm³/mol. The zero-order valence-electron chi connectivity index (χ0n) is 7.55. The third kappa shape index (κ3) is 1.99. The summed E-state index contributed by atoms with van der Waals surface area (Å²) < 4.78 is 0. The highest BCUT2D eigenvalue weighted by atomic mass is 16.2. The predicted octanol–water partition coefficient (Wildman–Crippen LogP) is -0.170. The van der Waals surface area contributed by atoms with Crippen molar-refractivity contribution in [2.45, 2.75) is 19.9 Å². The molecule has 3 nitrogen and oxygen atoms in total. The van der Waals surface area contributed by atoms with Gasteiger partial charge in [0.05, 0.1) is 0 Å². The van der Waals surface area contributed by atoms with Crippen molar-refractivity contribution in [3.05, 3.63) is 0 Å². The van der Waals surface area contributed by atoms with Crippen LogP contribution in [-0.2, 0) is 4.79 Å². The average Bonchev–Trinajstić information content (AvgIpc) is 2.05. The van der Waals surface area contributed by atoms with Crippen LogP contribution in [0.15, 0.2) is 0 Å². The van der Waals surface area contributed by atoms with Gasteiger partial charge in [-0.25, -0.2) is 0 Å². The molecule has 1 rings (SSSR count). The fraction of sp³-hybridized carbons (Fsp3) is 0.667. The van der Waals surface area contributed by atoms with Crippen molar-refractivity contribution < 1.29 is 4.79 Å². The third-order valence-electron chi connectivity index (χ3n) is 1.99. The fourth-order valence-corrected chi connectivity index (χ4v) is 1.32. The van der Waals surface area contributed by atoms with E-state index in [0.717, 1.165) is 19.6 Å². The minimum atomic E-state index is -0.0495. The standard InChI is InChI=1S/C9H14N2O/c1-3-4-9(12)11-6-5-10-7-8(11)2/h8,10H,5-7H2,1-2H3/t8-/m1/s1. The minimum Gasteiger partial charge on any atom is -0.327 e. The van der Waals surface area contributed by atoms with Crippen LogP contribution in [0.2, 0.25) is 0 Å². The van der Waals surface area contributed by atoms with Gasteiger partial charge in [0.1, 0.15) is 0 Å². The Hall–Kier alpha value is -1.01. The maximum atomic E-state index is 11.3. The molecule has 1 heterocycles. The van der Waals surface area contributed by atoms with Crippen LogP contribution in [0.4, 0.5) is 0 Å². The molecule has 0 aromatic rings. The van der Waals surface area contributed by atoms with Crippen LogP contribution in [0.25, 0.3) is 0 Å². The van der Waals surface area contributed by atoms with E-state index in [1.165, 1.54) is 0 Å². The smallest absolute Gasteiger partial charge is 0.298 e. The van der Waals surface area contributed by atoms with Crippen LogP contribution >= 0.6 is 0 Å². The summed E-state index contributed by atoms with van der Waals surface area (Å²) in [6, 6.07) is 0.270. The van der Waals surface area contributed by atoms with Gasteiger partial charge in [-0.2, -0.15) is 0 Å². The molecule has 12 heavy (non-hydrogen) atoms. The number of nitrogens with one attached hydrogen (secondary N) is 1. The number of hydrogen-bond acceptors (Lipinski definition) is 2. The molecule has 0 radical (unpaired) electrons. The Morgan fingerprint density at radius 1 is 1.67 bits per heavy atom. The van der Waals surface area contributed by atoms with Gasteiger partial charge in [0, 0.05) is 25.7 Å². The first-order valence-electron chi connectivity index (χ1n) is 4.19. The Labute approximate surface area is 73.1 Å². The largest absolute Gasteiger partial charge is 0.327 e. The summed E-state index contributed by atoms with van der Waals surface area (Å²) in [5.74, 6) is 5.13. The van der Waals surface area contributed by atoms with Gasteiger partial charge >= 0.3 is 0 Å². The minimum absolute atomic E-state index is 0.0495. The highest BCUT2D eigenvalue weighted by Gasteiger charge is 2.20. The fourth-order valence-electron chi connectivity index (χ4n) is 1.32. The van der Waals surface area contributed by atoms with Crippen LogP contribution in [0.3, 0.4) is 0 Å². The SMILES string of the molecule is CC#CC(=O)N1CCNC[C@H]1C. The monoisotopic (exact) mass is 166 g/mol. The molecule has 3 heteroatoms. The molecule has 1 aliphatic rings. The molecule has 1 amide bonds. The Kier molecular flexibility index (Phi) is 3.12. The van der Waals surface area contributed by atoms with Crippen molar-refractivity contribution in [1.29, 1.82) is 0 Å². The lowest BCUT2D eigenvalue weighted by atomic mass is 10.2. The number of nitrogens with zero attached hydrogens (tertiary/aromatic N) is 1. The molecular weight excluding hydrogens is 152 g/mol. The second kappa shape index (κ2) is 4.13. The second-order valence-electron chi connectivity index (χ2n) is 2.93. The molecule has 1 saturated heterocycles. The third-order valence-corrected chi connectivity index (χ3v) is 1.99. The quantitative estimate of drug-likeness (QED) is 0.507. The van der Waals surface area contributed by atoms with Crippen molar-refractivity contribution in [3.8, 4) is 11.8 Å². The number of amides is 1. The van der Waals surface area contributed by atoms with Crippen LogP contribution in [0.5, 0.6) is 0 Å². The van der Waals surface area contributed by atoms with Crippen molar-refractivity contribution in [2.75, 3.05) is 19.6 Å². The average molecular weight is 166 g/mol. The summed E-state index contributed by atoms with van der Waals surface area (Å²) in [5.41, 5.74) is 0. The van der Waals surface area contributed by atoms with E-state index in [-0.39, 0.29) is 11.9 Å². The zero-order valence-corrected chi connectivity index (χ0v) is 7.55. The molecule has 1 N–H and O–H groups in total. The van der Waals surface area contributed by atoms with Gasteiger partial charge in [0.2, 0.25) is 0 Å². The lowest BCUT2D eigenvalue weighted by molar-refractivity contribution is -0.127. The van der Waals surface area contributed by atoms with Crippen LogP contribution in [0.1, 0.15) is 13.8 Å².